The van der Waals surface area contributed by atoms with Crippen LogP contribution in [0.1, 0.15) is 25.8 Å². The van der Waals surface area contributed by atoms with Gasteiger partial charge in [0.15, 0.2) is 0 Å². The summed E-state index contributed by atoms with van der Waals surface area (Å²) in [5.74, 6) is 1.61. The Hall–Kier alpha value is -0.580. The molecule has 0 saturated heterocycles. The summed E-state index contributed by atoms with van der Waals surface area (Å²) < 4.78 is 6.39. The maximum absolute atomic E-state index is 5.27. The number of likely N-dealkylation sites (N-methyl/N-ethyl adjacent to an activating group) is 1. The number of hydrogen-bond acceptors (Lipinski definition) is 3. The number of nitrogens with one attached hydrogen (secondary N) is 1. The Balaban J connectivity index is 2.54. The monoisotopic (exact) mass is 342 g/mol. The predicted molar refractivity (Wildman–Crippen MR) is 89.3 cm³/mol. The minimum absolute atomic E-state index is 0.569. The van der Waals surface area contributed by atoms with Gasteiger partial charge in [0.05, 0.1) is 7.11 Å². The zero-order chi connectivity index (χ0) is 15.1. The number of halogens is 1. The van der Waals surface area contributed by atoms with Crippen LogP contribution in [0.3, 0.4) is 0 Å². The smallest absolute Gasteiger partial charge is 0.119 e. The summed E-state index contributed by atoms with van der Waals surface area (Å²) in [7, 11) is 6.00. The lowest BCUT2D eigenvalue weighted by Gasteiger charge is -2.26. The lowest BCUT2D eigenvalue weighted by atomic mass is 10.0. The van der Waals surface area contributed by atoms with Crippen molar-refractivity contribution in [2.45, 2.75) is 32.9 Å². The average Bonchev–Trinajstić information content (AvgIpc) is 2.39. The van der Waals surface area contributed by atoms with Crippen molar-refractivity contribution in [2.75, 3.05) is 27.7 Å². The maximum atomic E-state index is 5.27. The van der Waals surface area contributed by atoms with Crippen molar-refractivity contribution in [2.24, 2.45) is 5.92 Å². The number of nitrogens with zero attached hydrogens (tertiary/aromatic N) is 1. The third-order valence-electron chi connectivity index (χ3n) is 3.42. The molecule has 1 rings (SSSR count). The molecule has 1 atom stereocenters. The van der Waals surface area contributed by atoms with Gasteiger partial charge in [-0.05, 0) is 50.2 Å². The van der Waals surface area contributed by atoms with Crippen LogP contribution in [0.2, 0.25) is 0 Å². The quantitative estimate of drug-likeness (QED) is 0.782. The van der Waals surface area contributed by atoms with Crippen molar-refractivity contribution in [3.63, 3.8) is 0 Å². The van der Waals surface area contributed by atoms with E-state index in [0.29, 0.717) is 12.0 Å². The molecule has 4 heteroatoms. The molecule has 0 amide bonds. The topological polar surface area (TPSA) is 24.5 Å². The van der Waals surface area contributed by atoms with Crippen molar-refractivity contribution < 1.29 is 4.74 Å². The third-order valence-corrected chi connectivity index (χ3v) is 4.20. The van der Waals surface area contributed by atoms with Gasteiger partial charge in [0, 0.05) is 23.6 Å². The standard InChI is InChI=1S/C16H27BrN2O/c1-12(2)8-14(19(3)4)11-18-10-13-9-15(20-5)6-7-16(13)17/h6-7,9,12,14,18H,8,10-11H2,1-5H3. The largest absolute Gasteiger partial charge is 0.497 e. The molecule has 0 saturated carbocycles. The summed E-state index contributed by atoms with van der Waals surface area (Å²) >= 11 is 3.59. The molecule has 114 valence electrons. The van der Waals surface area contributed by atoms with Gasteiger partial charge in [-0.3, -0.25) is 0 Å². The van der Waals surface area contributed by atoms with E-state index in [1.807, 2.05) is 12.1 Å². The molecule has 3 nitrogen and oxygen atoms in total. The van der Waals surface area contributed by atoms with Crippen molar-refractivity contribution >= 4 is 15.9 Å². The molecular formula is C16H27BrN2O. The minimum Gasteiger partial charge on any atom is -0.497 e. The van der Waals surface area contributed by atoms with E-state index in [9.17, 15) is 0 Å². The highest BCUT2D eigenvalue weighted by molar-refractivity contribution is 9.10. The molecular weight excluding hydrogens is 316 g/mol. The molecule has 0 aliphatic rings. The fourth-order valence-corrected chi connectivity index (χ4v) is 2.59. The molecule has 0 aliphatic carbocycles. The summed E-state index contributed by atoms with van der Waals surface area (Å²) in [6.45, 7) is 6.39. The molecule has 0 spiro atoms. The highest BCUT2D eigenvalue weighted by atomic mass is 79.9. The van der Waals surface area contributed by atoms with Crippen molar-refractivity contribution in [3.05, 3.63) is 28.2 Å². The summed E-state index contributed by atoms with van der Waals surface area (Å²) in [6.07, 6.45) is 1.21. The van der Waals surface area contributed by atoms with Crippen molar-refractivity contribution in [1.29, 1.82) is 0 Å². The van der Waals surface area contributed by atoms with E-state index in [1.165, 1.54) is 12.0 Å². The summed E-state index contributed by atoms with van der Waals surface area (Å²) in [4.78, 5) is 2.30. The molecule has 1 unspecified atom stereocenters. The molecule has 1 aromatic rings. The summed E-state index contributed by atoms with van der Waals surface area (Å²) in [6, 6.07) is 6.64. The van der Waals surface area contributed by atoms with Gasteiger partial charge in [-0.1, -0.05) is 29.8 Å². The van der Waals surface area contributed by atoms with Gasteiger partial charge in [0.1, 0.15) is 5.75 Å². The van der Waals surface area contributed by atoms with Crippen LogP contribution in [0, 0.1) is 5.92 Å². The van der Waals surface area contributed by atoms with Crippen LogP contribution >= 0.6 is 15.9 Å². The number of hydrogen-bond donors (Lipinski definition) is 1. The molecule has 0 radical (unpaired) electrons. The first-order valence-electron chi connectivity index (χ1n) is 7.13. The predicted octanol–water partition coefficient (Wildman–Crippen LogP) is 3.52. The minimum atomic E-state index is 0.569. The Morgan fingerprint density at radius 3 is 2.55 bits per heavy atom. The molecule has 0 aromatic heterocycles. The van der Waals surface area contributed by atoms with E-state index in [2.05, 4.69) is 60.2 Å². The van der Waals surface area contributed by atoms with Crippen LogP contribution in [-0.2, 0) is 6.54 Å². The Morgan fingerprint density at radius 2 is 2.00 bits per heavy atom. The fourth-order valence-electron chi connectivity index (χ4n) is 2.21. The van der Waals surface area contributed by atoms with Crippen LogP contribution in [0.25, 0.3) is 0 Å². The summed E-state index contributed by atoms with van der Waals surface area (Å²) in [5, 5.41) is 3.55. The zero-order valence-electron chi connectivity index (χ0n) is 13.2. The van der Waals surface area contributed by atoms with Gasteiger partial charge in [-0.25, -0.2) is 0 Å². The van der Waals surface area contributed by atoms with Gasteiger partial charge in [0.2, 0.25) is 0 Å². The van der Waals surface area contributed by atoms with Crippen LogP contribution in [0.5, 0.6) is 5.75 Å². The molecule has 0 fully saturated rings. The van der Waals surface area contributed by atoms with Gasteiger partial charge in [0.25, 0.3) is 0 Å². The first-order valence-corrected chi connectivity index (χ1v) is 7.93. The first kappa shape index (κ1) is 17.5. The number of methoxy groups -OCH3 is 1. The van der Waals surface area contributed by atoms with Crippen LogP contribution in [0.4, 0.5) is 0 Å². The van der Waals surface area contributed by atoms with Crippen molar-refractivity contribution in [3.8, 4) is 5.75 Å². The highest BCUT2D eigenvalue weighted by Gasteiger charge is 2.13. The molecule has 20 heavy (non-hydrogen) atoms. The zero-order valence-corrected chi connectivity index (χ0v) is 14.8. The van der Waals surface area contributed by atoms with Gasteiger partial charge in [-0.2, -0.15) is 0 Å². The Bertz CT molecular complexity index is 407. The van der Waals surface area contributed by atoms with Crippen LogP contribution < -0.4 is 10.1 Å². The first-order chi connectivity index (χ1) is 9.43. The molecule has 0 heterocycles. The van der Waals surface area contributed by atoms with Crippen LogP contribution in [-0.4, -0.2) is 38.7 Å². The van der Waals surface area contributed by atoms with E-state index in [4.69, 9.17) is 4.74 Å². The van der Waals surface area contributed by atoms with Crippen molar-refractivity contribution in [1.82, 2.24) is 10.2 Å². The average molecular weight is 343 g/mol. The number of ether oxygens (including phenoxy) is 1. The molecule has 1 aromatic carbocycles. The SMILES string of the molecule is COc1ccc(Br)c(CNCC(CC(C)C)N(C)C)c1. The van der Waals surface area contributed by atoms with E-state index >= 15 is 0 Å². The number of rotatable bonds is 8. The second kappa shape index (κ2) is 8.65. The van der Waals surface area contributed by atoms with E-state index in [0.717, 1.165) is 23.3 Å². The normalized spacial score (nSPS) is 13.0. The second-order valence-electron chi connectivity index (χ2n) is 5.84. The highest BCUT2D eigenvalue weighted by Crippen LogP contribution is 2.22. The fraction of sp³-hybridized carbons (Fsp3) is 0.625. The Labute approximate surface area is 131 Å². The lowest BCUT2D eigenvalue weighted by Crippen LogP contribution is -2.38. The van der Waals surface area contributed by atoms with Gasteiger partial charge in [-0.15, -0.1) is 0 Å². The molecule has 0 bridgehead atoms. The van der Waals surface area contributed by atoms with E-state index in [-0.39, 0.29) is 0 Å². The Morgan fingerprint density at radius 1 is 1.30 bits per heavy atom. The molecule has 0 aliphatic heterocycles. The van der Waals surface area contributed by atoms with E-state index in [1.54, 1.807) is 7.11 Å². The van der Waals surface area contributed by atoms with Gasteiger partial charge >= 0.3 is 0 Å². The lowest BCUT2D eigenvalue weighted by molar-refractivity contribution is 0.246. The molecule has 1 N–H and O–H groups in total. The van der Waals surface area contributed by atoms with Gasteiger partial charge < -0.3 is 15.0 Å². The maximum Gasteiger partial charge on any atom is 0.119 e. The second-order valence-corrected chi connectivity index (χ2v) is 6.69. The summed E-state index contributed by atoms with van der Waals surface area (Å²) in [5.41, 5.74) is 1.23. The Kier molecular flexibility index (Phi) is 7.56. The van der Waals surface area contributed by atoms with E-state index < -0.39 is 0 Å². The number of benzene rings is 1. The van der Waals surface area contributed by atoms with Crippen LogP contribution in [0.15, 0.2) is 22.7 Å². The third kappa shape index (κ3) is 5.81.